The first-order valence-electron chi connectivity index (χ1n) is 9.56. The molecule has 0 heterocycles. The summed E-state index contributed by atoms with van der Waals surface area (Å²) in [6.07, 6.45) is 5.44. The Morgan fingerprint density at radius 2 is 1.76 bits per heavy atom. The van der Waals surface area contributed by atoms with Crippen LogP contribution in [0.2, 0.25) is 0 Å². The molecule has 4 heteroatoms. The number of aromatic hydroxyl groups is 2. The number of rotatable bonds is 1. The van der Waals surface area contributed by atoms with E-state index in [2.05, 4.69) is 32.5 Å². The lowest BCUT2D eigenvalue weighted by molar-refractivity contribution is -0.109. The second kappa shape index (κ2) is 5.29. The van der Waals surface area contributed by atoms with E-state index in [-0.39, 0.29) is 27.7 Å². The molecule has 2 fully saturated rings. The average molecular weight is 364 g/mol. The van der Waals surface area contributed by atoms with Gasteiger partial charge in [-0.2, -0.15) is 0 Å². The van der Waals surface area contributed by atoms with Crippen LogP contribution in [-0.4, -0.2) is 16.3 Å². The first-order chi connectivity index (χ1) is 11.6. The minimum Gasteiger partial charge on any atom is -0.508 e. The Bertz CT molecular complexity index is 718. The number of hydrogen-bond donors (Lipinski definition) is 3. The summed E-state index contributed by atoms with van der Waals surface area (Å²) < 4.78 is 0. The quantitative estimate of drug-likeness (QED) is 0.623. The van der Waals surface area contributed by atoms with Crippen LogP contribution >= 0.6 is 11.8 Å². The van der Waals surface area contributed by atoms with Crippen molar-refractivity contribution >= 4 is 11.8 Å². The summed E-state index contributed by atoms with van der Waals surface area (Å²) in [5, 5.41) is 20.5. The van der Waals surface area contributed by atoms with Crippen LogP contribution in [0.25, 0.3) is 0 Å². The maximum Gasteiger partial charge on any atom is 0.123 e. The van der Waals surface area contributed by atoms with Crippen LogP contribution in [0.5, 0.6) is 11.5 Å². The Kier molecular flexibility index (Phi) is 3.70. The molecule has 138 valence electrons. The molecule has 3 nitrogen and oxygen atoms in total. The molecule has 0 radical (unpaired) electrons. The van der Waals surface area contributed by atoms with E-state index in [1.165, 1.54) is 6.07 Å². The van der Waals surface area contributed by atoms with E-state index >= 15 is 0 Å². The van der Waals surface area contributed by atoms with Crippen molar-refractivity contribution in [2.45, 2.75) is 71.3 Å². The highest BCUT2D eigenvalue weighted by molar-refractivity contribution is 6.13. The summed E-state index contributed by atoms with van der Waals surface area (Å²) >= 11 is 6.08. The number of halogens is 1. The van der Waals surface area contributed by atoms with E-state index in [1.807, 2.05) is 6.07 Å². The molecule has 3 aliphatic rings. The molecule has 0 aliphatic heterocycles. The van der Waals surface area contributed by atoms with Crippen molar-refractivity contribution < 1.29 is 10.2 Å². The van der Waals surface area contributed by atoms with Gasteiger partial charge in [-0.05, 0) is 78.2 Å². The number of fused-ring (bicyclic) bond motifs is 5. The monoisotopic (exact) mass is 363 g/mol. The molecule has 3 aliphatic carbocycles. The molecule has 0 unspecified atom stereocenters. The number of benzene rings is 1. The number of nitrogens with one attached hydrogen (secondary N) is 1. The Labute approximate surface area is 155 Å². The Hall–Kier alpha value is -0.930. The fraction of sp³-hybridized carbons (Fsp3) is 0.714. The van der Waals surface area contributed by atoms with E-state index in [0.29, 0.717) is 17.9 Å². The first-order valence-corrected chi connectivity index (χ1v) is 9.94. The lowest BCUT2D eigenvalue weighted by Crippen LogP contribution is -2.60. The molecule has 2 saturated carbocycles. The maximum absolute atomic E-state index is 10.6. The van der Waals surface area contributed by atoms with Crippen LogP contribution in [0.1, 0.15) is 64.5 Å². The molecule has 25 heavy (non-hydrogen) atoms. The van der Waals surface area contributed by atoms with E-state index in [4.69, 9.17) is 11.8 Å². The van der Waals surface area contributed by atoms with Gasteiger partial charge in [-0.3, -0.25) is 0 Å². The van der Waals surface area contributed by atoms with Gasteiger partial charge in [0.15, 0.2) is 0 Å². The van der Waals surface area contributed by atoms with Gasteiger partial charge < -0.3 is 10.2 Å². The Morgan fingerprint density at radius 1 is 1.04 bits per heavy atom. The highest BCUT2D eigenvalue weighted by Gasteiger charge is 2.63. The molecule has 1 aromatic rings. The van der Waals surface area contributed by atoms with Crippen LogP contribution in [0, 0.1) is 22.7 Å². The zero-order chi connectivity index (χ0) is 18.2. The Morgan fingerprint density at radius 3 is 2.44 bits per heavy atom. The molecule has 3 N–H and O–H groups in total. The largest absolute Gasteiger partial charge is 0.508 e. The van der Waals surface area contributed by atoms with Crippen LogP contribution in [-0.2, 0) is 11.8 Å². The topological polar surface area (TPSA) is 52.5 Å². The van der Waals surface area contributed by atoms with Crippen LogP contribution in [0.4, 0.5) is 0 Å². The van der Waals surface area contributed by atoms with Gasteiger partial charge in [0.2, 0.25) is 0 Å². The van der Waals surface area contributed by atoms with Crippen LogP contribution in [0.3, 0.4) is 0 Å². The summed E-state index contributed by atoms with van der Waals surface area (Å²) in [7, 11) is 0. The second-order valence-corrected chi connectivity index (χ2v) is 10.0. The minimum absolute atomic E-state index is 0.00429. The smallest absolute Gasteiger partial charge is 0.123 e. The van der Waals surface area contributed by atoms with Gasteiger partial charge in [0, 0.05) is 23.1 Å². The molecule has 0 spiro atoms. The van der Waals surface area contributed by atoms with E-state index in [9.17, 15) is 10.2 Å². The number of phenols is 2. The Balaban J connectivity index is 1.80. The zero-order valence-electron chi connectivity index (χ0n) is 15.7. The lowest BCUT2D eigenvalue weighted by Gasteiger charge is -2.63. The fourth-order valence-electron chi connectivity index (χ4n) is 7.22. The highest BCUT2D eigenvalue weighted by atomic mass is 35.5. The van der Waals surface area contributed by atoms with Gasteiger partial charge >= 0.3 is 0 Å². The van der Waals surface area contributed by atoms with Gasteiger partial charge in [0.25, 0.3) is 0 Å². The molecule has 0 amide bonds. The summed E-state index contributed by atoms with van der Waals surface area (Å²) in [6.45, 7) is 9.53. The molecule has 0 saturated heterocycles. The summed E-state index contributed by atoms with van der Waals surface area (Å²) in [5.74, 6) is 1.55. The molecular weight excluding hydrogens is 334 g/mol. The van der Waals surface area contributed by atoms with Crippen molar-refractivity contribution in [3.8, 4) is 11.5 Å². The lowest BCUT2D eigenvalue weighted by atomic mass is 9.43. The van der Waals surface area contributed by atoms with Crippen LogP contribution < -0.4 is 4.84 Å². The fourth-order valence-corrected chi connectivity index (χ4v) is 7.61. The maximum atomic E-state index is 10.6. The first kappa shape index (κ1) is 17.5. The van der Waals surface area contributed by atoms with E-state index in [0.717, 1.165) is 43.2 Å². The van der Waals surface area contributed by atoms with Crippen molar-refractivity contribution in [1.82, 2.24) is 4.84 Å². The third kappa shape index (κ3) is 2.15. The SMILES string of the molecule is CC1(C)[C@H]2CC[C@]3(C)c4c(O)cc(O)cc4C[C@H]3[C@]2(C)CC[C@H]1NCl. The van der Waals surface area contributed by atoms with Gasteiger partial charge in [0.1, 0.15) is 11.5 Å². The molecular formula is C21H30ClNO2. The normalized spacial score (nSPS) is 41.7. The third-order valence-electron chi connectivity index (χ3n) is 8.39. The van der Waals surface area contributed by atoms with Crippen molar-refractivity contribution in [3.63, 3.8) is 0 Å². The molecule has 0 bridgehead atoms. The summed E-state index contributed by atoms with van der Waals surface area (Å²) in [4.78, 5) is 3.05. The van der Waals surface area contributed by atoms with Gasteiger partial charge in [-0.25, -0.2) is 4.84 Å². The highest BCUT2D eigenvalue weighted by Crippen LogP contribution is 2.68. The van der Waals surface area contributed by atoms with Crippen molar-refractivity contribution in [2.75, 3.05) is 0 Å². The van der Waals surface area contributed by atoms with Crippen molar-refractivity contribution in [2.24, 2.45) is 22.7 Å². The average Bonchev–Trinajstić information content (AvgIpc) is 2.80. The van der Waals surface area contributed by atoms with Gasteiger partial charge in [0.05, 0.1) is 0 Å². The zero-order valence-corrected chi connectivity index (χ0v) is 16.5. The number of phenolic OH excluding ortho intramolecular Hbond substituents is 2. The van der Waals surface area contributed by atoms with Crippen molar-refractivity contribution in [3.05, 3.63) is 23.3 Å². The molecule has 5 atom stereocenters. The molecule has 0 aromatic heterocycles. The van der Waals surface area contributed by atoms with Gasteiger partial charge in [-0.1, -0.05) is 27.7 Å². The standard InChI is InChI=1S/C21H30ClNO2/c1-19(2)15-5-7-21(4)16(20(15,3)8-6-17(19)23-22)10-12-9-13(24)11-14(25)18(12)21/h9,11,15-17,23-25H,5-8,10H2,1-4H3/t15-,16+,17-,20-,21+/m1/s1. The minimum atomic E-state index is -0.00429. The summed E-state index contributed by atoms with van der Waals surface area (Å²) in [6, 6.07) is 3.73. The van der Waals surface area contributed by atoms with Gasteiger partial charge in [-0.15, -0.1) is 0 Å². The van der Waals surface area contributed by atoms with E-state index < -0.39 is 0 Å². The molecule has 4 rings (SSSR count). The van der Waals surface area contributed by atoms with Crippen molar-refractivity contribution in [1.29, 1.82) is 0 Å². The predicted octanol–water partition coefficient (Wildman–Crippen LogP) is 4.88. The second-order valence-electron chi connectivity index (χ2n) is 9.79. The predicted molar refractivity (Wildman–Crippen MR) is 101 cm³/mol. The summed E-state index contributed by atoms with van der Waals surface area (Å²) in [5.41, 5.74) is 2.60. The molecule has 1 aromatic carbocycles. The number of hydrogen-bond acceptors (Lipinski definition) is 3. The van der Waals surface area contributed by atoms with Crippen LogP contribution in [0.15, 0.2) is 12.1 Å². The van der Waals surface area contributed by atoms with E-state index in [1.54, 1.807) is 0 Å². The third-order valence-corrected chi connectivity index (χ3v) is 8.66.